The van der Waals surface area contributed by atoms with E-state index in [0.29, 0.717) is 10.7 Å². The van der Waals surface area contributed by atoms with Crippen molar-refractivity contribution >= 4 is 56.2 Å². The highest BCUT2D eigenvalue weighted by atomic mass is 35.5. The summed E-state index contributed by atoms with van der Waals surface area (Å²) >= 11 is 17.5. The molecule has 0 fully saturated rings. The van der Waals surface area contributed by atoms with Gasteiger partial charge in [0.25, 0.3) is 5.91 Å². The maximum Gasteiger partial charge on any atom is 0.275 e. The van der Waals surface area contributed by atoms with E-state index in [1.54, 1.807) is 0 Å². The number of benzene rings is 1. The molecule has 0 spiro atoms. The van der Waals surface area contributed by atoms with Crippen molar-refractivity contribution in [3.63, 3.8) is 0 Å². The van der Waals surface area contributed by atoms with Gasteiger partial charge in [0.15, 0.2) is 5.69 Å². The zero-order chi connectivity index (χ0) is 17.2. The lowest BCUT2D eigenvalue weighted by atomic mass is 10.3. The van der Waals surface area contributed by atoms with Crippen LogP contribution in [-0.4, -0.2) is 30.0 Å². The fourth-order valence-corrected chi connectivity index (χ4v) is 2.73. The third-order valence-corrected chi connectivity index (χ3v) is 5.30. The van der Waals surface area contributed by atoms with E-state index in [1.165, 1.54) is 25.1 Å². The van der Waals surface area contributed by atoms with Gasteiger partial charge in [-0.3, -0.25) is 4.79 Å². The minimum Gasteiger partial charge on any atom is -0.321 e. The molecule has 0 saturated heterocycles. The summed E-state index contributed by atoms with van der Waals surface area (Å²) in [6.07, 6.45) is 1.07. The van der Waals surface area contributed by atoms with Gasteiger partial charge in [0, 0.05) is 5.69 Å². The van der Waals surface area contributed by atoms with Gasteiger partial charge in [-0.1, -0.05) is 41.7 Å². The molecule has 122 valence electrons. The van der Waals surface area contributed by atoms with E-state index in [-0.39, 0.29) is 21.5 Å². The molecular weight excluding hydrogens is 385 g/mol. The molecule has 1 heterocycles. The van der Waals surface area contributed by atoms with E-state index in [2.05, 4.69) is 15.3 Å². The number of aromatic nitrogens is 2. The van der Waals surface area contributed by atoms with Crippen LogP contribution in [-0.2, 0) is 9.84 Å². The Morgan fingerprint density at radius 1 is 1.17 bits per heavy atom. The third-order valence-electron chi connectivity index (χ3n) is 2.77. The molecule has 2 aromatic rings. The van der Waals surface area contributed by atoms with Crippen LogP contribution in [0.15, 0.2) is 29.6 Å². The summed E-state index contributed by atoms with van der Waals surface area (Å²) < 4.78 is 23.6. The fourth-order valence-electron chi connectivity index (χ4n) is 1.55. The average molecular weight is 395 g/mol. The molecule has 6 nitrogen and oxygen atoms in total. The highest BCUT2D eigenvalue weighted by Crippen LogP contribution is 2.25. The number of anilines is 1. The Morgan fingerprint density at radius 3 is 2.48 bits per heavy atom. The third kappa shape index (κ3) is 4.11. The number of nitrogens with one attached hydrogen (secondary N) is 1. The Kier molecular flexibility index (Phi) is 5.46. The lowest BCUT2D eigenvalue weighted by Gasteiger charge is -2.08. The lowest BCUT2D eigenvalue weighted by molar-refractivity contribution is 0.102. The van der Waals surface area contributed by atoms with E-state index in [9.17, 15) is 13.2 Å². The first kappa shape index (κ1) is 17.9. The Labute approximate surface area is 147 Å². The summed E-state index contributed by atoms with van der Waals surface area (Å²) in [5.41, 5.74) is 0.110. The van der Waals surface area contributed by atoms with E-state index < -0.39 is 20.9 Å². The Hall–Kier alpha value is -1.41. The molecule has 0 aliphatic rings. The monoisotopic (exact) mass is 393 g/mol. The van der Waals surface area contributed by atoms with Crippen LogP contribution in [0.2, 0.25) is 15.1 Å². The number of carbonyl (C=O) groups excluding carboxylic acids is 1. The van der Waals surface area contributed by atoms with Gasteiger partial charge in [0.2, 0.25) is 15.0 Å². The molecule has 0 aliphatic carbocycles. The molecule has 23 heavy (non-hydrogen) atoms. The lowest BCUT2D eigenvalue weighted by Crippen LogP contribution is -2.18. The number of rotatable bonds is 4. The Balaban J connectivity index is 2.35. The number of hydrogen-bond donors (Lipinski definition) is 1. The van der Waals surface area contributed by atoms with Gasteiger partial charge >= 0.3 is 0 Å². The summed E-state index contributed by atoms with van der Waals surface area (Å²) in [6, 6.07) is 4.49. The molecule has 0 aliphatic heterocycles. The van der Waals surface area contributed by atoms with Gasteiger partial charge in [-0.25, -0.2) is 18.4 Å². The van der Waals surface area contributed by atoms with Gasteiger partial charge in [-0.05, 0) is 18.2 Å². The van der Waals surface area contributed by atoms with Crippen molar-refractivity contribution in [2.75, 3.05) is 11.1 Å². The van der Waals surface area contributed by atoms with Crippen LogP contribution in [0, 0.1) is 0 Å². The van der Waals surface area contributed by atoms with Gasteiger partial charge in [-0.15, -0.1) is 0 Å². The fraction of sp³-hybridized carbons (Fsp3) is 0.154. The normalized spacial score (nSPS) is 11.3. The van der Waals surface area contributed by atoms with Gasteiger partial charge < -0.3 is 5.32 Å². The van der Waals surface area contributed by atoms with Crippen molar-refractivity contribution in [1.82, 2.24) is 9.97 Å². The summed E-state index contributed by atoms with van der Waals surface area (Å²) in [5.74, 6) is -0.883. The maximum absolute atomic E-state index is 12.2. The largest absolute Gasteiger partial charge is 0.321 e. The molecule has 10 heteroatoms. The van der Waals surface area contributed by atoms with Crippen LogP contribution in [0.25, 0.3) is 0 Å². The van der Waals surface area contributed by atoms with Crippen LogP contribution in [0.3, 0.4) is 0 Å². The predicted octanol–water partition coefficient (Wildman–Crippen LogP) is 3.48. The number of hydrogen-bond acceptors (Lipinski definition) is 5. The molecule has 0 bridgehead atoms. The molecule has 0 radical (unpaired) electrons. The van der Waals surface area contributed by atoms with Gasteiger partial charge in [0.05, 0.1) is 27.0 Å². The minimum atomic E-state index is -3.66. The van der Waals surface area contributed by atoms with Crippen molar-refractivity contribution in [1.29, 1.82) is 0 Å². The highest BCUT2D eigenvalue weighted by molar-refractivity contribution is 7.91. The van der Waals surface area contributed by atoms with Gasteiger partial charge in [0.1, 0.15) is 0 Å². The van der Waals surface area contributed by atoms with E-state index >= 15 is 0 Å². The number of nitrogens with zero attached hydrogens (tertiary/aromatic N) is 2. The molecule has 0 unspecified atom stereocenters. The zero-order valence-corrected chi connectivity index (χ0v) is 14.8. The van der Waals surface area contributed by atoms with Crippen molar-refractivity contribution in [3.05, 3.63) is 45.2 Å². The van der Waals surface area contributed by atoms with E-state index in [1.807, 2.05) is 0 Å². The standard InChI is InChI=1S/C13H10Cl3N3O3S/c1-2-23(21,22)13-17-6-10(16)11(19-13)12(20)18-7-3-4-8(14)9(15)5-7/h3-6H,2H2,1H3,(H,18,20). The molecule has 1 N–H and O–H groups in total. The smallest absolute Gasteiger partial charge is 0.275 e. The quantitative estimate of drug-likeness (QED) is 0.802. The number of carbonyl (C=O) groups is 1. The molecule has 2 rings (SSSR count). The first-order valence-electron chi connectivity index (χ1n) is 6.26. The first-order chi connectivity index (χ1) is 10.7. The van der Waals surface area contributed by atoms with Crippen LogP contribution in [0.1, 0.15) is 17.4 Å². The second-order valence-electron chi connectivity index (χ2n) is 4.34. The first-order valence-corrected chi connectivity index (χ1v) is 9.05. The van der Waals surface area contributed by atoms with Crippen molar-refractivity contribution in [2.24, 2.45) is 0 Å². The SMILES string of the molecule is CCS(=O)(=O)c1ncc(Cl)c(C(=O)Nc2ccc(Cl)c(Cl)c2)n1. The second-order valence-corrected chi connectivity index (χ2v) is 7.73. The van der Waals surface area contributed by atoms with Crippen LogP contribution in [0.4, 0.5) is 5.69 Å². The molecule has 1 aromatic heterocycles. The average Bonchev–Trinajstić information content (AvgIpc) is 2.51. The Morgan fingerprint density at radius 2 is 1.87 bits per heavy atom. The van der Waals surface area contributed by atoms with Crippen LogP contribution >= 0.6 is 34.8 Å². The van der Waals surface area contributed by atoms with Crippen molar-refractivity contribution in [3.8, 4) is 0 Å². The summed E-state index contributed by atoms with van der Waals surface area (Å²) in [4.78, 5) is 19.6. The molecular formula is C13H10Cl3N3O3S. The molecule has 1 amide bonds. The minimum absolute atomic E-state index is 0.0717. The molecule has 0 atom stereocenters. The van der Waals surface area contributed by atoms with Crippen molar-refractivity contribution < 1.29 is 13.2 Å². The summed E-state index contributed by atoms with van der Waals surface area (Å²) in [7, 11) is -3.66. The number of halogens is 3. The molecule has 1 aromatic carbocycles. The van der Waals surface area contributed by atoms with E-state index in [0.717, 1.165) is 6.20 Å². The maximum atomic E-state index is 12.2. The second kappa shape index (κ2) is 7.00. The highest BCUT2D eigenvalue weighted by Gasteiger charge is 2.21. The summed E-state index contributed by atoms with van der Waals surface area (Å²) in [5, 5.41) is 2.58. The zero-order valence-electron chi connectivity index (χ0n) is 11.7. The Bertz CT molecular complexity index is 872. The van der Waals surface area contributed by atoms with E-state index in [4.69, 9.17) is 34.8 Å². The molecule has 0 saturated carbocycles. The number of amides is 1. The van der Waals surface area contributed by atoms with Crippen LogP contribution < -0.4 is 5.32 Å². The van der Waals surface area contributed by atoms with Crippen molar-refractivity contribution in [2.45, 2.75) is 12.1 Å². The topological polar surface area (TPSA) is 89.0 Å². The number of sulfone groups is 1. The predicted molar refractivity (Wildman–Crippen MR) is 89.2 cm³/mol. The van der Waals surface area contributed by atoms with Gasteiger partial charge in [-0.2, -0.15) is 0 Å². The van der Waals surface area contributed by atoms with Crippen LogP contribution in [0.5, 0.6) is 0 Å². The summed E-state index contributed by atoms with van der Waals surface area (Å²) in [6.45, 7) is 1.45.